The summed E-state index contributed by atoms with van der Waals surface area (Å²) in [5, 5.41) is 6.89. The number of alkyl halides is 3. The van der Waals surface area contributed by atoms with Crippen molar-refractivity contribution in [3.8, 4) is 5.75 Å². The second-order valence-electron chi connectivity index (χ2n) is 14.1. The number of hydrogen-bond donors (Lipinski definition) is 1. The molecule has 57 heavy (non-hydrogen) atoms. The number of nitrogens with one attached hydrogen (secondary N) is 1. The van der Waals surface area contributed by atoms with Crippen LogP contribution in [0, 0.1) is 6.92 Å². The largest absolute Gasteiger partial charge is 0.485 e. The fourth-order valence-corrected chi connectivity index (χ4v) is 7.86. The van der Waals surface area contributed by atoms with Gasteiger partial charge in [0.1, 0.15) is 25.1 Å². The summed E-state index contributed by atoms with van der Waals surface area (Å²) >= 11 is 6.16. The van der Waals surface area contributed by atoms with Crippen LogP contribution in [0.5, 0.6) is 5.75 Å². The van der Waals surface area contributed by atoms with Crippen LogP contribution < -0.4 is 15.6 Å². The Morgan fingerprint density at radius 2 is 1.88 bits per heavy atom. The summed E-state index contributed by atoms with van der Waals surface area (Å²) in [6, 6.07) is 12.2. The van der Waals surface area contributed by atoms with Gasteiger partial charge in [0.25, 0.3) is 11.5 Å². The van der Waals surface area contributed by atoms with E-state index in [1.54, 1.807) is 23.3 Å². The summed E-state index contributed by atoms with van der Waals surface area (Å²) in [5.74, 6) is -0.338. The molecule has 6 heterocycles. The maximum absolute atomic E-state index is 14.5. The third-order valence-corrected chi connectivity index (χ3v) is 10.7. The fraction of sp³-hybridized carbons (Fsp3) is 0.359. The second-order valence-corrected chi connectivity index (χ2v) is 14.5. The Bertz CT molecular complexity index is 2480. The topological polar surface area (TPSA) is 155 Å². The molecule has 0 aliphatic carbocycles. The third kappa shape index (κ3) is 7.26. The third-order valence-electron chi connectivity index (χ3n) is 10.4. The van der Waals surface area contributed by atoms with Crippen molar-refractivity contribution < 1.29 is 37.0 Å². The highest BCUT2D eigenvalue weighted by Crippen LogP contribution is 2.48. The summed E-state index contributed by atoms with van der Waals surface area (Å²) in [5.41, 5.74) is 0.407. The first-order valence-electron chi connectivity index (χ1n) is 18.3. The summed E-state index contributed by atoms with van der Waals surface area (Å²) in [6.07, 6.45) is -1.19. The van der Waals surface area contributed by atoms with Crippen LogP contribution in [0.25, 0.3) is 11.4 Å². The van der Waals surface area contributed by atoms with Crippen molar-refractivity contribution >= 4 is 40.5 Å². The number of ether oxygens (including phenoxy) is 3. The number of aryl methyl sites for hydroxylation is 1. The molecule has 1 atom stereocenters. The van der Waals surface area contributed by atoms with Crippen molar-refractivity contribution in [2.75, 3.05) is 31.6 Å². The number of carbonyl (C=O) groups is 2. The zero-order chi connectivity index (χ0) is 40.1. The van der Waals surface area contributed by atoms with E-state index in [9.17, 15) is 27.6 Å². The quantitative estimate of drug-likeness (QED) is 0.200. The van der Waals surface area contributed by atoms with Crippen molar-refractivity contribution in [2.24, 2.45) is 0 Å². The van der Waals surface area contributed by atoms with Crippen LogP contribution in [0.1, 0.15) is 76.7 Å². The zero-order valence-electron chi connectivity index (χ0n) is 30.8. The number of hydrogen-bond acceptors (Lipinski definition) is 10. The van der Waals surface area contributed by atoms with Crippen molar-refractivity contribution in [2.45, 2.75) is 64.1 Å². The Morgan fingerprint density at radius 3 is 2.58 bits per heavy atom. The number of nitrogens with zero attached hydrogens (tertiary/aromatic N) is 7. The number of rotatable bonds is 8. The van der Waals surface area contributed by atoms with Gasteiger partial charge in [-0.2, -0.15) is 22.7 Å². The highest BCUT2D eigenvalue weighted by atomic mass is 35.5. The van der Waals surface area contributed by atoms with Crippen LogP contribution >= 0.6 is 11.6 Å². The number of benzene rings is 2. The highest BCUT2D eigenvalue weighted by Gasteiger charge is 2.51. The van der Waals surface area contributed by atoms with Crippen LogP contribution in [-0.2, 0) is 39.2 Å². The molecule has 1 spiro atoms. The molecular weight excluding hydrogens is 769 g/mol. The zero-order valence-corrected chi connectivity index (χ0v) is 31.6. The highest BCUT2D eigenvalue weighted by molar-refractivity contribution is 6.33. The molecule has 5 aromatic rings. The Kier molecular flexibility index (Phi) is 10.1. The van der Waals surface area contributed by atoms with Crippen molar-refractivity contribution in [1.29, 1.82) is 0 Å². The Labute approximate surface area is 328 Å². The standard InChI is InChI=1S/C39H36ClF3N8O6/c1-22-33(56-20-24-6-4-3-5-7-24)31(45-21-44-22)36(54)49-14-12-38(13-15-49)30-32(23(2)57-38)50(19-29(52)46-28-9-8-26(18-27(28)40)39(41,42)43)37-47-34(48-51(37)35(30)53)25-10-16-55-17-11-25/h3-10,18,21,23H,11-17,19-20H2,1-2H3,(H,46,52)/t23-/m1/s1. The molecular formula is C39H36ClF3N8O6. The monoisotopic (exact) mass is 804 g/mol. The van der Waals surface area contributed by atoms with Gasteiger partial charge in [0, 0.05) is 13.1 Å². The van der Waals surface area contributed by atoms with E-state index in [1.165, 1.54) is 6.33 Å². The number of anilines is 1. The van der Waals surface area contributed by atoms with Gasteiger partial charge in [-0.3, -0.25) is 14.4 Å². The minimum atomic E-state index is -4.62. The SMILES string of the molecule is Cc1ncnc(C(=O)N2CCC3(CC2)O[C@H](C)c2c3c(=O)n3nc(C4=CCOCC4)nc3n2CC(=O)Nc2ccc(C(F)(F)F)cc2Cl)c1OCc1ccccc1. The van der Waals surface area contributed by atoms with Crippen LogP contribution in [0.15, 0.2) is 65.7 Å². The number of aromatic nitrogens is 6. The van der Waals surface area contributed by atoms with Gasteiger partial charge in [0.15, 0.2) is 17.3 Å². The predicted octanol–water partition coefficient (Wildman–Crippen LogP) is 5.91. The minimum absolute atomic E-state index is 0.0248. The van der Waals surface area contributed by atoms with Gasteiger partial charge >= 0.3 is 6.18 Å². The van der Waals surface area contributed by atoms with Gasteiger partial charge in [-0.25, -0.2) is 9.97 Å². The number of piperidine rings is 1. The van der Waals surface area contributed by atoms with Gasteiger partial charge in [0.2, 0.25) is 11.7 Å². The van der Waals surface area contributed by atoms with E-state index in [4.69, 9.17) is 30.8 Å². The average molecular weight is 805 g/mol. The van der Waals surface area contributed by atoms with Crippen molar-refractivity contribution in [3.63, 3.8) is 0 Å². The van der Waals surface area contributed by atoms with Crippen LogP contribution in [0.2, 0.25) is 5.02 Å². The molecule has 0 unspecified atom stereocenters. The first kappa shape index (κ1) is 38.2. The summed E-state index contributed by atoms with van der Waals surface area (Å²) in [6.45, 7) is 4.51. The number of fused-ring (bicyclic) bond motifs is 3. The van der Waals surface area contributed by atoms with E-state index in [0.29, 0.717) is 36.8 Å². The molecule has 2 aromatic carbocycles. The number of carbonyl (C=O) groups excluding carboxylic acids is 2. The van der Waals surface area contributed by atoms with E-state index < -0.39 is 41.5 Å². The van der Waals surface area contributed by atoms with Crippen LogP contribution in [0.3, 0.4) is 0 Å². The lowest BCUT2D eigenvalue weighted by molar-refractivity contribution is -0.137. The lowest BCUT2D eigenvalue weighted by Gasteiger charge is -2.39. The van der Waals surface area contributed by atoms with Gasteiger partial charge in [-0.1, -0.05) is 48.0 Å². The smallest absolute Gasteiger partial charge is 0.416 e. The van der Waals surface area contributed by atoms with E-state index in [0.717, 1.165) is 33.9 Å². The Balaban J connectivity index is 1.11. The van der Waals surface area contributed by atoms with E-state index >= 15 is 0 Å². The lowest BCUT2D eigenvalue weighted by Crippen LogP contribution is -2.47. The van der Waals surface area contributed by atoms with E-state index in [1.807, 2.05) is 36.4 Å². The summed E-state index contributed by atoms with van der Waals surface area (Å²) in [7, 11) is 0. The van der Waals surface area contributed by atoms with Crippen molar-refractivity contribution in [3.05, 3.63) is 116 Å². The molecule has 1 fully saturated rings. The van der Waals surface area contributed by atoms with Crippen molar-refractivity contribution in [1.82, 2.24) is 34.0 Å². The minimum Gasteiger partial charge on any atom is -0.485 e. The molecule has 1 N–H and O–H groups in total. The molecule has 0 bridgehead atoms. The molecule has 3 aromatic heterocycles. The fourth-order valence-electron chi connectivity index (χ4n) is 7.63. The molecule has 0 saturated carbocycles. The second kappa shape index (κ2) is 15.0. The molecule has 14 nitrogen and oxygen atoms in total. The van der Waals surface area contributed by atoms with Gasteiger partial charge in [0.05, 0.1) is 52.5 Å². The van der Waals surface area contributed by atoms with Gasteiger partial charge in [-0.15, -0.1) is 5.10 Å². The maximum Gasteiger partial charge on any atom is 0.416 e. The predicted molar refractivity (Wildman–Crippen MR) is 200 cm³/mol. The molecule has 8 rings (SSSR count). The Morgan fingerprint density at radius 1 is 1.11 bits per heavy atom. The number of amides is 2. The molecule has 3 aliphatic rings. The van der Waals surface area contributed by atoms with Gasteiger partial charge in [-0.05, 0) is 62.4 Å². The summed E-state index contributed by atoms with van der Waals surface area (Å²) < 4.78 is 60.7. The van der Waals surface area contributed by atoms with E-state index in [-0.39, 0.29) is 71.9 Å². The number of likely N-dealkylation sites (tertiary alicyclic amines) is 1. The molecule has 18 heteroatoms. The summed E-state index contributed by atoms with van der Waals surface area (Å²) in [4.78, 5) is 57.1. The van der Waals surface area contributed by atoms with E-state index in [2.05, 4.69) is 20.4 Å². The normalized spacial score (nSPS) is 17.8. The number of halogens is 4. The molecule has 0 radical (unpaired) electrons. The average Bonchev–Trinajstić information content (AvgIpc) is 3.77. The van der Waals surface area contributed by atoms with Gasteiger partial charge < -0.3 is 29.0 Å². The van der Waals surface area contributed by atoms with Crippen LogP contribution in [0.4, 0.5) is 18.9 Å². The first-order valence-corrected chi connectivity index (χ1v) is 18.6. The maximum atomic E-state index is 14.5. The molecule has 3 aliphatic heterocycles. The van der Waals surface area contributed by atoms with Crippen LogP contribution in [-0.4, -0.2) is 72.2 Å². The lowest BCUT2D eigenvalue weighted by atomic mass is 9.85. The first-order chi connectivity index (χ1) is 27.3. The molecule has 296 valence electrons. The Hall–Kier alpha value is -5.65. The molecule has 2 amide bonds. The molecule has 1 saturated heterocycles.